The molecule has 0 radical (unpaired) electrons. The fourth-order valence-electron chi connectivity index (χ4n) is 6.74. The molecule has 3 N–H and O–H groups in total. The number of nitrogens with two attached hydrogens (primary N) is 1. The largest absolute Gasteiger partial charge is 0.472 e. The van der Waals surface area contributed by atoms with Crippen LogP contribution in [0.15, 0.2) is 97.2 Å². The minimum atomic E-state index is -4.30. The lowest BCUT2D eigenvalue weighted by molar-refractivity contribution is -0.154. The van der Waals surface area contributed by atoms with E-state index in [9.17, 15) is 14.3 Å². The van der Waals surface area contributed by atoms with E-state index in [-0.39, 0.29) is 32.3 Å². The molecular formula is C55H96NO7P. The van der Waals surface area contributed by atoms with Gasteiger partial charge in [-0.1, -0.05) is 201 Å². The van der Waals surface area contributed by atoms with E-state index in [1.165, 1.54) is 89.9 Å². The van der Waals surface area contributed by atoms with Crippen LogP contribution >= 0.6 is 7.82 Å². The van der Waals surface area contributed by atoms with Gasteiger partial charge in [-0.25, -0.2) is 4.57 Å². The van der Waals surface area contributed by atoms with Crippen molar-refractivity contribution in [2.75, 3.05) is 33.0 Å². The fourth-order valence-corrected chi connectivity index (χ4v) is 7.50. The third-order valence-electron chi connectivity index (χ3n) is 10.5. The summed E-state index contributed by atoms with van der Waals surface area (Å²) in [5.74, 6) is -0.353. The lowest BCUT2D eigenvalue weighted by atomic mass is 10.1. The Morgan fingerprint density at radius 3 is 1.31 bits per heavy atom. The SMILES string of the molecule is CC/C=C\C/C=C\C/C=C\C/C=C\C/C=C\CCCCCCCC(=O)OC(COCCCCCCCCCCC/C=C\C/C=C\C/C=C\CCCCCCC)COP(=O)(O)OCCN. The Morgan fingerprint density at radius 2 is 0.875 bits per heavy atom. The predicted molar refractivity (Wildman–Crippen MR) is 274 cm³/mol. The van der Waals surface area contributed by atoms with Crippen molar-refractivity contribution in [1.29, 1.82) is 0 Å². The first-order valence-corrected chi connectivity index (χ1v) is 27.2. The minimum Gasteiger partial charge on any atom is -0.457 e. The second-order valence-electron chi connectivity index (χ2n) is 16.6. The van der Waals surface area contributed by atoms with Crippen LogP contribution in [0.2, 0.25) is 0 Å². The number of hydrogen-bond donors (Lipinski definition) is 2. The van der Waals surface area contributed by atoms with Crippen LogP contribution in [0.5, 0.6) is 0 Å². The molecule has 0 heterocycles. The molecule has 0 aliphatic heterocycles. The lowest BCUT2D eigenvalue weighted by Crippen LogP contribution is -2.28. The lowest BCUT2D eigenvalue weighted by Gasteiger charge is -2.20. The first kappa shape index (κ1) is 61.4. The number of esters is 1. The van der Waals surface area contributed by atoms with Crippen molar-refractivity contribution in [3.63, 3.8) is 0 Å². The second kappa shape index (κ2) is 51.4. The van der Waals surface area contributed by atoms with Gasteiger partial charge in [0, 0.05) is 19.6 Å². The fraction of sp³-hybridized carbons (Fsp3) is 0.691. The average Bonchev–Trinajstić information content (AvgIpc) is 3.29. The first-order chi connectivity index (χ1) is 31.4. The van der Waals surface area contributed by atoms with E-state index in [1.54, 1.807) is 0 Å². The normalized spacial score (nSPS) is 14.1. The van der Waals surface area contributed by atoms with E-state index < -0.39 is 13.9 Å². The molecule has 0 aromatic rings. The molecule has 0 fully saturated rings. The summed E-state index contributed by atoms with van der Waals surface area (Å²) in [7, 11) is -4.30. The van der Waals surface area contributed by atoms with E-state index in [0.717, 1.165) is 96.3 Å². The number of phosphoric acid groups is 1. The summed E-state index contributed by atoms with van der Waals surface area (Å²) >= 11 is 0. The molecule has 2 atom stereocenters. The van der Waals surface area contributed by atoms with Crippen molar-refractivity contribution < 1.29 is 32.8 Å². The van der Waals surface area contributed by atoms with Crippen LogP contribution in [-0.4, -0.2) is 49.9 Å². The molecule has 0 aliphatic carbocycles. The molecule has 0 aliphatic rings. The second-order valence-corrected chi connectivity index (χ2v) is 18.1. The summed E-state index contributed by atoms with van der Waals surface area (Å²) in [5, 5.41) is 0. The van der Waals surface area contributed by atoms with E-state index in [4.69, 9.17) is 24.3 Å². The molecular weight excluding hydrogens is 818 g/mol. The average molecular weight is 914 g/mol. The van der Waals surface area contributed by atoms with Crippen molar-refractivity contribution in [2.45, 2.75) is 213 Å². The van der Waals surface area contributed by atoms with Gasteiger partial charge in [-0.15, -0.1) is 0 Å². The highest BCUT2D eigenvalue weighted by Gasteiger charge is 2.25. The minimum absolute atomic E-state index is 0.0905. The van der Waals surface area contributed by atoms with Gasteiger partial charge in [-0.3, -0.25) is 13.8 Å². The molecule has 0 saturated carbocycles. The Kier molecular flexibility index (Phi) is 49.3. The van der Waals surface area contributed by atoms with Crippen LogP contribution in [-0.2, 0) is 27.9 Å². The van der Waals surface area contributed by atoms with Gasteiger partial charge in [0.15, 0.2) is 0 Å². The van der Waals surface area contributed by atoms with Crippen LogP contribution in [0.4, 0.5) is 0 Å². The maximum absolute atomic E-state index is 12.7. The number of carbonyl (C=O) groups excluding carboxylic acids is 1. The molecule has 0 saturated heterocycles. The number of ether oxygens (including phenoxy) is 2. The molecule has 8 nitrogen and oxygen atoms in total. The van der Waals surface area contributed by atoms with Crippen LogP contribution in [0.25, 0.3) is 0 Å². The molecule has 0 rings (SSSR count). The molecule has 0 aromatic heterocycles. The van der Waals surface area contributed by atoms with E-state index in [0.29, 0.717) is 13.0 Å². The number of carbonyl (C=O) groups is 1. The third-order valence-corrected chi connectivity index (χ3v) is 11.5. The molecule has 64 heavy (non-hydrogen) atoms. The summed E-state index contributed by atoms with van der Waals surface area (Å²) in [6.07, 6.45) is 68.6. The maximum Gasteiger partial charge on any atom is 0.472 e. The molecule has 0 aromatic carbocycles. The van der Waals surface area contributed by atoms with Gasteiger partial charge >= 0.3 is 13.8 Å². The van der Waals surface area contributed by atoms with Gasteiger partial charge in [0.05, 0.1) is 19.8 Å². The molecule has 2 unspecified atom stereocenters. The van der Waals surface area contributed by atoms with Gasteiger partial charge in [0.2, 0.25) is 0 Å². The number of phosphoric ester groups is 1. The van der Waals surface area contributed by atoms with Crippen LogP contribution in [0, 0.1) is 0 Å². The predicted octanol–water partition coefficient (Wildman–Crippen LogP) is 16.2. The van der Waals surface area contributed by atoms with Gasteiger partial charge in [0.1, 0.15) is 6.10 Å². The zero-order valence-electron chi connectivity index (χ0n) is 41.0. The monoisotopic (exact) mass is 914 g/mol. The van der Waals surface area contributed by atoms with Gasteiger partial charge in [0.25, 0.3) is 0 Å². The van der Waals surface area contributed by atoms with Crippen molar-refractivity contribution in [1.82, 2.24) is 0 Å². The summed E-state index contributed by atoms with van der Waals surface area (Å²) < 4.78 is 33.6. The zero-order valence-corrected chi connectivity index (χ0v) is 41.9. The summed E-state index contributed by atoms with van der Waals surface area (Å²) in [6.45, 7) is 4.75. The molecule has 0 spiro atoms. The van der Waals surface area contributed by atoms with Crippen LogP contribution < -0.4 is 5.73 Å². The summed E-state index contributed by atoms with van der Waals surface area (Å²) in [5.41, 5.74) is 5.39. The number of unbranched alkanes of at least 4 members (excludes halogenated alkanes) is 19. The van der Waals surface area contributed by atoms with E-state index in [2.05, 4.69) is 111 Å². The summed E-state index contributed by atoms with van der Waals surface area (Å²) in [4.78, 5) is 22.6. The van der Waals surface area contributed by atoms with Crippen molar-refractivity contribution in [3.8, 4) is 0 Å². The molecule has 0 amide bonds. The van der Waals surface area contributed by atoms with Gasteiger partial charge < -0.3 is 20.1 Å². The molecule has 9 heteroatoms. The highest BCUT2D eigenvalue weighted by Crippen LogP contribution is 2.43. The highest BCUT2D eigenvalue weighted by molar-refractivity contribution is 7.47. The standard InChI is InChI=1S/C55H96NO7P/c1-3-5-7-9-11-13-15-17-19-21-23-25-26-27-29-31-33-35-37-39-41-43-45-47-50-60-52-54(53-62-64(58,59)61-51-49-56)63-55(57)48-46-44-42-40-38-36-34-32-30-28-24-22-20-18-16-14-12-10-8-6-4-2/h6,8,12,14-15,17-18,20-21,23-24,26-28,32,34,54H,3-5,7,9-11,13,16,19,22,25,29-31,33,35-53,56H2,1-2H3,(H,58,59)/b8-6-,14-12-,17-15-,20-18-,23-21-,27-26-,28-24-,34-32-. The van der Waals surface area contributed by atoms with Crippen molar-refractivity contribution >= 4 is 13.8 Å². The maximum atomic E-state index is 12.7. The quantitative estimate of drug-likeness (QED) is 0.0268. The highest BCUT2D eigenvalue weighted by atomic mass is 31.2. The Labute approximate surface area is 393 Å². The smallest absolute Gasteiger partial charge is 0.457 e. The number of hydrogen-bond acceptors (Lipinski definition) is 7. The van der Waals surface area contributed by atoms with Gasteiger partial charge in [-0.05, 0) is 96.3 Å². The number of rotatable bonds is 48. The zero-order chi connectivity index (χ0) is 46.5. The summed E-state index contributed by atoms with van der Waals surface area (Å²) in [6, 6.07) is 0. The van der Waals surface area contributed by atoms with Crippen molar-refractivity contribution in [3.05, 3.63) is 97.2 Å². The van der Waals surface area contributed by atoms with Crippen molar-refractivity contribution in [2.24, 2.45) is 5.73 Å². The molecule has 0 bridgehead atoms. The topological polar surface area (TPSA) is 117 Å². The Hall–Kier alpha value is -2.58. The Morgan fingerprint density at radius 1 is 0.484 bits per heavy atom. The van der Waals surface area contributed by atoms with E-state index >= 15 is 0 Å². The Bertz CT molecular complexity index is 1300. The van der Waals surface area contributed by atoms with Gasteiger partial charge in [-0.2, -0.15) is 0 Å². The van der Waals surface area contributed by atoms with E-state index in [1.807, 2.05) is 0 Å². The number of allylic oxidation sites excluding steroid dienone is 16. The van der Waals surface area contributed by atoms with Crippen LogP contribution in [0.1, 0.15) is 206 Å². The first-order valence-electron chi connectivity index (χ1n) is 25.7. The molecule has 368 valence electrons. The third kappa shape index (κ3) is 50.4. The van der Waals surface area contributed by atoms with Crippen LogP contribution in [0.3, 0.4) is 0 Å². The Balaban J connectivity index is 4.03.